The topological polar surface area (TPSA) is 49.4 Å². The molecule has 0 saturated heterocycles. The van der Waals surface area contributed by atoms with Crippen LogP contribution in [0.25, 0.3) is 0 Å². The second-order valence-electron chi connectivity index (χ2n) is 0.333. The van der Waals surface area contributed by atoms with E-state index in [1.54, 1.807) is 0 Å². The Bertz CT molecular complexity index is 46.1. The molecule has 0 fully saturated rings. The summed E-state index contributed by atoms with van der Waals surface area (Å²) in [4.78, 5) is 9.04. The number of carboxylic acid groups (broad SMARTS) is 1. The van der Waals surface area contributed by atoms with Crippen molar-refractivity contribution >= 4 is 6.16 Å². The van der Waals surface area contributed by atoms with Gasteiger partial charge in [0.2, 0.25) is 0 Å². The molecule has 0 heterocycles. The summed E-state index contributed by atoms with van der Waals surface area (Å²) in [6, 6.07) is 0. The van der Waals surface area contributed by atoms with Crippen LogP contribution in [0, 0.1) is 0 Å². The minimum atomic E-state index is -1.49. The summed E-state index contributed by atoms with van der Waals surface area (Å²) >= 11 is 0.978. The number of carbonyl (C=O) groups is 1. The summed E-state index contributed by atoms with van der Waals surface area (Å²) in [6.07, 6.45) is -1.49. The molecule has 0 atom stereocenters. The fourth-order valence-electron chi connectivity index (χ4n) is 0. The van der Waals surface area contributed by atoms with Crippen molar-refractivity contribution in [3.8, 4) is 0 Å². The molecule has 0 aliphatic heterocycles. The molecular formula is CLiMoO3. The zero-order valence-corrected chi connectivity index (χ0v) is 5.14. The van der Waals surface area contributed by atoms with Gasteiger partial charge in [0.15, 0.2) is 0 Å². The maximum absolute atomic E-state index is 9.04. The van der Waals surface area contributed by atoms with Gasteiger partial charge in [-0.2, -0.15) is 0 Å². The number of rotatable bonds is 0. The Labute approximate surface area is 58.6 Å². The van der Waals surface area contributed by atoms with Crippen LogP contribution in [0.1, 0.15) is 0 Å². The first kappa shape index (κ1) is 9.75. The molecule has 0 aromatic carbocycles. The predicted octanol–water partition coefficient (Wildman–Crippen LogP) is -4.19. The second kappa shape index (κ2) is 5.56. The summed E-state index contributed by atoms with van der Waals surface area (Å²) in [5.74, 6) is 0. The number of carbonyl (C=O) groups excluding carboxylic acids is 1. The van der Waals surface area contributed by atoms with Gasteiger partial charge in [0.05, 0.1) is 0 Å². The van der Waals surface area contributed by atoms with Gasteiger partial charge < -0.3 is 0 Å². The average Bonchev–Trinajstić information content (AvgIpc) is 1.38. The molecule has 0 rings (SSSR count). The molecule has 0 aromatic rings. The van der Waals surface area contributed by atoms with E-state index in [-0.39, 0.29) is 18.9 Å². The molecule has 0 aromatic heterocycles. The van der Waals surface area contributed by atoms with Crippen LogP contribution in [0.3, 0.4) is 0 Å². The van der Waals surface area contributed by atoms with E-state index in [2.05, 4.69) is 3.39 Å². The van der Waals surface area contributed by atoms with E-state index in [0.29, 0.717) is 0 Å². The second-order valence-corrected chi connectivity index (χ2v) is 0.743. The van der Waals surface area contributed by atoms with Crippen molar-refractivity contribution < 1.29 is 52.3 Å². The molecule has 0 amide bonds. The van der Waals surface area contributed by atoms with Crippen LogP contribution >= 0.6 is 0 Å². The van der Waals surface area contributed by atoms with Gasteiger partial charge in [-0.15, -0.1) is 0 Å². The van der Waals surface area contributed by atoms with E-state index in [1.807, 2.05) is 0 Å². The summed E-state index contributed by atoms with van der Waals surface area (Å²) < 4.78 is 3.57. The van der Waals surface area contributed by atoms with E-state index < -0.39 is 6.16 Å². The monoisotopic (exact) mass is 165 g/mol. The molecule has 29 valence electrons. The molecule has 0 unspecified atom stereocenters. The van der Waals surface area contributed by atoms with Crippen LogP contribution in [0.5, 0.6) is 0 Å². The van der Waals surface area contributed by atoms with E-state index in [1.165, 1.54) is 0 Å². The molecule has 0 spiro atoms. The van der Waals surface area contributed by atoms with Crippen LogP contribution in [-0.2, 0) is 23.6 Å². The third kappa shape index (κ3) is 8.82. The van der Waals surface area contributed by atoms with Gasteiger partial charge >= 0.3 is 58.5 Å². The zero-order chi connectivity index (χ0) is 4.28. The third-order valence-electron chi connectivity index (χ3n) is 0.0680. The van der Waals surface area contributed by atoms with Crippen molar-refractivity contribution in [3.05, 3.63) is 0 Å². The van der Waals surface area contributed by atoms with Gasteiger partial charge in [0, 0.05) is 0 Å². The first-order valence-electron chi connectivity index (χ1n) is 0.779. The molecule has 3 nitrogen and oxygen atoms in total. The Hall–Kier alpha value is 0.556. The SMILES string of the molecule is O=C([O-])[O][Mo].[Li+]. The Morgan fingerprint density at radius 2 is 2.00 bits per heavy atom. The Kier molecular flexibility index (Phi) is 9.03. The van der Waals surface area contributed by atoms with Crippen LogP contribution in [0.4, 0.5) is 4.79 Å². The molecular weight excluding hydrogens is 163 g/mol. The maximum Gasteiger partial charge on any atom is 1.00 e. The van der Waals surface area contributed by atoms with Gasteiger partial charge in [0.1, 0.15) is 0 Å². The van der Waals surface area contributed by atoms with Crippen molar-refractivity contribution in [2.24, 2.45) is 0 Å². The number of hydrogen-bond acceptors (Lipinski definition) is 3. The van der Waals surface area contributed by atoms with Crippen LogP contribution in [-0.4, -0.2) is 6.16 Å². The van der Waals surface area contributed by atoms with Gasteiger partial charge in [-0.1, -0.05) is 0 Å². The van der Waals surface area contributed by atoms with E-state index in [0.717, 1.165) is 20.2 Å². The minimum absolute atomic E-state index is 0. The smallest absolute Gasteiger partial charge is 1.00 e. The summed E-state index contributed by atoms with van der Waals surface area (Å²) in [7, 11) is 0. The fraction of sp³-hybridized carbons (Fsp3) is 0. The summed E-state index contributed by atoms with van der Waals surface area (Å²) in [6.45, 7) is 0. The van der Waals surface area contributed by atoms with E-state index >= 15 is 0 Å². The van der Waals surface area contributed by atoms with E-state index in [4.69, 9.17) is 9.90 Å². The first-order chi connectivity index (χ1) is 2.27. The van der Waals surface area contributed by atoms with Crippen molar-refractivity contribution in [2.75, 3.05) is 0 Å². The van der Waals surface area contributed by atoms with Gasteiger partial charge in [-0.05, 0) is 0 Å². The van der Waals surface area contributed by atoms with Gasteiger partial charge in [0.25, 0.3) is 0 Å². The largest absolute Gasteiger partial charge is 1.00 e. The quantitative estimate of drug-likeness (QED) is 0.340. The molecule has 0 radical (unpaired) electrons. The normalized spacial score (nSPS) is 5.33. The Morgan fingerprint density at radius 1 is 1.83 bits per heavy atom. The van der Waals surface area contributed by atoms with Crippen LogP contribution in [0.2, 0.25) is 0 Å². The predicted molar refractivity (Wildman–Crippen MR) is 6.48 cm³/mol. The Morgan fingerprint density at radius 3 is 2.00 bits per heavy atom. The molecule has 0 saturated carbocycles. The summed E-state index contributed by atoms with van der Waals surface area (Å²) in [5.41, 5.74) is 0. The molecule has 5 heteroatoms. The van der Waals surface area contributed by atoms with Crippen LogP contribution < -0.4 is 24.0 Å². The van der Waals surface area contributed by atoms with Gasteiger partial charge in [-0.25, -0.2) is 0 Å². The molecule has 6 heavy (non-hydrogen) atoms. The molecule has 0 N–H and O–H groups in total. The third-order valence-corrected chi connectivity index (χ3v) is 0.403. The van der Waals surface area contributed by atoms with E-state index in [9.17, 15) is 0 Å². The molecule has 0 aliphatic rings. The number of hydrogen-bond donors (Lipinski definition) is 0. The zero-order valence-electron chi connectivity index (χ0n) is 3.13. The first-order valence-corrected chi connectivity index (χ1v) is 1.60. The van der Waals surface area contributed by atoms with Gasteiger partial charge in [-0.3, -0.25) is 0 Å². The minimum Gasteiger partial charge on any atom is 1.00 e. The molecule has 0 bridgehead atoms. The average molecular weight is 163 g/mol. The maximum atomic E-state index is 9.04. The van der Waals surface area contributed by atoms with Crippen molar-refractivity contribution in [1.29, 1.82) is 0 Å². The van der Waals surface area contributed by atoms with Crippen LogP contribution in [0.15, 0.2) is 0 Å². The Balaban J connectivity index is 0. The van der Waals surface area contributed by atoms with Crippen molar-refractivity contribution in [3.63, 3.8) is 0 Å². The fourth-order valence-corrected chi connectivity index (χ4v) is 0. The molecule has 0 aliphatic carbocycles. The van der Waals surface area contributed by atoms with Crippen molar-refractivity contribution in [1.82, 2.24) is 0 Å². The van der Waals surface area contributed by atoms with Crippen molar-refractivity contribution in [2.45, 2.75) is 0 Å². The standard InChI is InChI=1S/CH2O3.Li.Mo/c2-1(3)4;;/h(H2,2,3,4);;/q;2*+1/p-2. The summed E-state index contributed by atoms with van der Waals surface area (Å²) in [5, 5.41) is 9.04.